The number of benzene rings is 2. The number of phenolic OH excluding ortho intramolecular Hbond substituents is 2. The van der Waals surface area contributed by atoms with Crippen molar-refractivity contribution in [3.05, 3.63) is 42.0 Å². The zero-order valence-corrected chi connectivity index (χ0v) is 13.5. The zero-order valence-electron chi connectivity index (χ0n) is 13.5. The van der Waals surface area contributed by atoms with Crippen molar-refractivity contribution in [3.63, 3.8) is 0 Å². The molecule has 0 atom stereocenters. The summed E-state index contributed by atoms with van der Waals surface area (Å²) in [6.45, 7) is 0.610. The SMILES string of the molecule is COc1cc(NC(=O)N2CCCCc3cc(O)ccc32)ccc1O. The minimum absolute atomic E-state index is 0.0195. The number of hydrogen-bond acceptors (Lipinski definition) is 4. The van der Waals surface area contributed by atoms with Gasteiger partial charge in [-0.25, -0.2) is 4.79 Å². The molecule has 1 aliphatic rings. The number of fused-ring (bicyclic) bond motifs is 1. The maximum absolute atomic E-state index is 12.7. The van der Waals surface area contributed by atoms with Crippen LogP contribution in [-0.2, 0) is 6.42 Å². The van der Waals surface area contributed by atoms with E-state index in [0.29, 0.717) is 18.0 Å². The first-order valence-corrected chi connectivity index (χ1v) is 7.86. The van der Waals surface area contributed by atoms with Crippen molar-refractivity contribution in [2.24, 2.45) is 0 Å². The zero-order chi connectivity index (χ0) is 17.1. The molecule has 3 N–H and O–H groups in total. The average molecular weight is 328 g/mol. The summed E-state index contributed by atoms with van der Waals surface area (Å²) >= 11 is 0. The second kappa shape index (κ2) is 6.70. The van der Waals surface area contributed by atoms with E-state index in [0.717, 1.165) is 30.5 Å². The van der Waals surface area contributed by atoms with Crippen molar-refractivity contribution in [3.8, 4) is 17.2 Å². The van der Waals surface area contributed by atoms with Crippen molar-refractivity contribution in [1.29, 1.82) is 0 Å². The lowest BCUT2D eigenvalue weighted by Gasteiger charge is -2.23. The average Bonchev–Trinajstić information content (AvgIpc) is 2.78. The molecular formula is C18H20N2O4. The smallest absolute Gasteiger partial charge is 0.326 e. The normalized spacial score (nSPS) is 13.8. The summed E-state index contributed by atoms with van der Waals surface area (Å²) < 4.78 is 5.06. The molecule has 0 saturated carbocycles. The van der Waals surface area contributed by atoms with Crippen LogP contribution in [-0.4, -0.2) is 29.9 Å². The molecule has 2 aromatic rings. The lowest BCUT2D eigenvalue weighted by atomic mass is 10.1. The molecular weight excluding hydrogens is 308 g/mol. The van der Waals surface area contributed by atoms with Gasteiger partial charge in [0.2, 0.25) is 0 Å². The van der Waals surface area contributed by atoms with Gasteiger partial charge in [0.25, 0.3) is 0 Å². The van der Waals surface area contributed by atoms with Gasteiger partial charge in [-0.1, -0.05) is 0 Å². The van der Waals surface area contributed by atoms with Gasteiger partial charge in [0.05, 0.1) is 7.11 Å². The Hall–Kier alpha value is -2.89. The van der Waals surface area contributed by atoms with E-state index < -0.39 is 0 Å². The molecule has 1 aliphatic heterocycles. The molecule has 126 valence electrons. The molecule has 6 heteroatoms. The standard InChI is InChI=1S/C18H20N2O4/c1-24-17-11-13(5-8-16(17)22)19-18(23)20-9-3-2-4-12-10-14(21)6-7-15(12)20/h5-8,10-11,21-22H,2-4,9H2,1H3,(H,19,23). The molecule has 0 aliphatic carbocycles. The van der Waals surface area contributed by atoms with Gasteiger partial charge in [0.15, 0.2) is 11.5 Å². The topological polar surface area (TPSA) is 82.0 Å². The Bertz CT molecular complexity index is 761. The van der Waals surface area contributed by atoms with Gasteiger partial charge in [0.1, 0.15) is 5.75 Å². The van der Waals surface area contributed by atoms with Gasteiger partial charge in [-0.15, -0.1) is 0 Å². The molecule has 2 aromatic carbocycles. The number of methoxy groups -OCH3 is 1. The Balaban J connectivity index is 1.85. The highest BCUT2D eigenvalue weighted by Crippen LogP contribution is 2.31. The Labute approximate surface area is 140 Å². The van der Waals surface area contributed by atoms with Gasteiger partial charge in [-0.05, 0) is 55.2 Å². The number of hydrogen-bond donors (Lipinski definition) is 3. The van der Waals surface area contributed by atoms with Gasteiger partial charge in [-0.2, -0.15) is 0 Å². The van der Waals surface area contributed by atoms with Crippen molar-refractivity contribution in [2.75, 3.05) is 23.9 Å². The fraction of sp³-hybridized carbons (Fsp3) is 0.278. The molecule has 0 bridgehead atoms. The van der Waals surface area contributed by atoms with E-state index in [4.69, 9.17) is 4.74 Å². The summed E-state index contributed by atoms with van der Waals surface area (Å²) in [5, 5.41) is 22.1. The van der Waals surface area contributed by atoms with Crippen LogP contribution in [0.4, 0.5) is 16.2 Å². The van der Waals surface area contributed by atoms with E-state index in [1.165, 1.54) is 13.2 Å². The molecule has 0 saturated heterocycles. The molecule has 0 unspecified atom stereocenters. The Morgan fingerprint density at radius 1 is 1.17 bits per heavy atom. The Kier molecular flexibility index (Phi) is 4.46. The van der Waals surface area contributed by atoms with E-state index in [1.54, 1.807) is 35.2 Å². The second-order valence-electron chi connectivity index (χ2n) is 5.74. The van der Waals surface area contributed by atoms with Crippen LogP contribution in [0.15, 0.2) is 36.4 Å². The van der Waals surface area contributed by atoms with Crippen molar-refractivity contribution < 1.29 is 19.7 Å². The van der Waals surface area contributed by atoms with Crippen LogP contribution in [0.3, 0.4) is 0 Å². The first-order valence-electron chi connectivity index (χ1n) is 7.86. The van der Waals surface area contributed by atoms with E-state index in [-0.39, 0.29) is 17.5 Å². The Morgan fingerprint density at radius 2 is 2.00 bits per heavy atom. The van der Waals surface area contributed by atoms with Gasteiger partial charge >= 0.3 is 6.03 Å². The third-order valence-corrected chi connectivity index (χ3v) is 4.11. The minimum atomic E-state index is -0.253. The van der Waals surface area contributed by atoms with Crippen LogP contribution in [0.2, 0.25) is 0 Å². The fourth-order valence-corrected chi connectivity index (χ4v) is 2.90. The lowest BCUT2D eigenvalue weighted by molar-refractivity contribution is 0.257. The summed E-state index contributed by atoms with van der Waals surface area (Å²) in [6.07, 6.45) is 2.69. The lowest BCUT2D eigenvalue weighted by Crippen LogP contribution is -2.35. The third kappa shape index (κ3) is 3.22. The molecule has 2 amide bonds. The highest BCUT2D eigenvalue weighted by molar-refractivity contribution is 6.02. The number of aryl methyl sites for hydroxylation is 1. The number of rotatable bonds is 2. The van der Waals surface area contributed by atoms with Crippen LogP contribution in [0.25, 0.3) is 0 Å². The first kappa shape index (κ1) is 16.0. The Morgan fingerprint density at radius 3 is 2.79 bits per heavy atom. The van der Waals surface area contributed by atoms with E-state index >= 15 is 0 Å². The van der Waals surface area contributed by atoms with Crippen LogP contribution in [0.5, 0.6) is 17.2 Å². The number of urea groups is 1. The molecule has 6 nitrogen and oxygen atoms in total. The van der Waals surface area contributed by atoms with Crippen LogP contribution in [0.1, 0.15) is 18.4 Å². The highest BCUT2D eigenvalue weighted by atomic mass is 16.5. The fourth-order valence-electron chi connectivity index (χ4n) is 2.90. The van der Waals surface area contributed by atoms with E-state index in [9.17, 15) is 15.0 Å². The second-order valence-corrected chi connectivity index (χ2v) is 5.74. The first-order chi connectivity index (χ1) is 11.6. The summed E-state index contributed by atoms with van der Waals surface area (Å²) in [6, 6.07) is 9.49. The number of ether oxygens (including phenoxy) is 1. The minimum Gasteiger partial charge on any atom is -0.508 e. The molecule has 0 spiro atoms. The molecule has 24 heavy (non-hydrogen) atoms. The molecule has 0 fully saturated rings. The predicted octanol–water partition coefficient (Wildman–Crippen LogP) is 3.48. The van der Waals surface area contributed by atoms with Crippen molar-refractivity contribution in [1.82, 2.24) is 0 Å². The number of amides is 2. The van der Waals surface area contributed by atoms with Gasteiger partial charge < -0.3 is 20.3 Å². The van der Waals surface area contributed by atoms with Crippen LogP contribution >= 0.6 is 0 Å². The largest absolute Gasteiger partial charge is 0.508 e. The molecule has 0 radical (unpaired) electrons. The maximum atomic E-state index is 12.7. The maximum Gasteiger partial charge on any atom is 0.326 e. The number of carbonyl (C=O) groups is 1. The number of anilines is 2. The molecule has 0 aromatic heterocycles. The third-order valence-electron chi connectivity index (χ3n) is 4.11. The number of phenols is 2. The van der Waals surface area contributed by atoms with Gasteiger partial charge in [-0.3, -0.25) is 4.90 Å². The molecule has 1 heterocycles. The molecule has 3 rings (SSSR count). The van der Waals surface area contributed by atoms with Crippen molar-refractivity contribution in [2.45, 2.75) is 19.3 Å². The predicted molar refractivity (Wildman–Crippen MR) is 92.1 cm³/mol. The van der Waals surface area contributed by atoms with Crippen LogP contribution < -0.4 is 15.0 Å². The highest BCUT2D eigenvalue weighted by Gasteiger charge is 2.21. The van der Waals surface area contributed by atoms with E-state index in [2.05, 4.69) is 5.32 Å². The number of carbonyl (C=O) groups excluding carboxylic acids is 1. The van der Waals surface area contributed by atoms with Crippen LogP contribution in [0, 0.1) is 0 Å². The number of aromatic hydroxyl groups is 2. The number of nitrogens with one attached hydrogen (secondary N) is 1. The summed E-state index contributed by atoms with van der Waals surface area (Å²) in [4.78, 5) is 14.4. The summed E-state index contributed by atoms with van der Waals surface area (Å²) in [5.41, 5.74) is 2.32. The van der Waals surface area contributed by atoms with Crippen molar-refractivity contribution >= 4 is 17.4 Å². The quantitative estimate of drug-likeness (QED) is 0.737. The summed E-state index contributed by atoms with van der Waals surface area (Å²) in [5.74, 6) is 0.527. The number of nitrogens with zero attached hydrogens (tertiary/aromatic N) is 1. The summed E-state index contributed by atoms with van der Waals surface area (Å²) in [7, 11) is 1.46. The van der Waals surface area contributed by atoms with Gasteiger partial charge in [0, 0.05) is 24.0 Å². The van der Waals surface area contributed by atoms with E-state index in [1.807, 2.05) is 0 Å². The monoisotopic (exact) mass is 328 g/mol.